The molecule has 0 spiro atoms. The Labute approximate surface area is 63.8 Å². The molecule has 0 amide bonds. The van der Waals surface area contributed by atoms with Crippen molar-refractivity contribution >= 4 is 0 Å². The fourth-order valence-electron chi connectivity index (χ4n) is 0.805. The SMILES string of the molecule is C=CCCCC(O)C(C)C. The predicted molar refractivity (Wildman–Crippen MR) is 44.9 cm³/mol. The first-order chi connectivity index (χ1) is 4.68. The Balaban J connectivity index is 3.21. The van der Waals surface area contributed by atoms with Crippen molar-refractivity contribution in [1.29, 1.82) is 0 Å². The minimum Gasteiger partial charge on any atom is -0.393 e. The zero-order valence-electron chi connectivity index (χ0n) is 7.01. The summed E-state index contributed by atoms with van der Waals surface area (Å²) >= 11 is 0. The number of rotatable bonds is 5. The lowest BCUT2D eigenvalue weighted by Gasteiger charge is -2.12. The van der Waals surface area contributed by atoms with Crippen LogP contribution in [-0.4, -0.2) is 11.2 Å². The molecular formula is C9H18O. The first kappa shape index (κ1) is 9.70. The molecule has 0 aliphatic rings. The highest BCUT2D eigenvalue weighted by molar-refractivity contribution is 4.68. The number of hydrogen-bond donors (Lipinski definition) is 1. The van der Waals surface area contributed by atoms with Gasteiger partial charge in [0.15, 0.2) is 0 Å². The molecule has 0 aromatic carbocycles. The molecule has 1 N–H and O–H groups in total. The Hall–Kier alpha value is -0.300. The molecule has 0 bridgehead atoms. The molecule has 1 heteroatoms. The number of aliphatic hydroxyl groups is 1. The lowest BCUT2D eigenvalue weighted by atomic mass is 10.0. The second-order valence-corrected chi connectivity index (χ2v) is 3.03. The summed E-state index contributed by atoms with van der Waals surface area (Å²) < 4.78 is 0. The minimum atomic E-state index is -0.125. The zero-order chi connectivity index (χ0) is 7.98. The van der Waals surface area contributed by atoms with Crippen LogP contribution in [0.1, 0.15) is 33.1 Å². The maximum Gasteiger partial charge on any atom is 0.0563 e. The van der Waals surface area contributed by atoms with Crippen molar-refractivity contribution in [3.05, 3.63) is 12.7 Å². The van der Waals surface area contributed by atoms with E-state index in [9.17, 15) is 5.11 Å². The van der Waals surface area contributed by atoms with Crippen molar-refractivity contribution in [3.63, 3.8) is 0 Å². The molecule has 0 rings (SSSR count). The van der Waals surface area contributed by atoms with E-state index in [0.29, 0.717) is 5.92 Å². The van der Waals surface area contributed by atoms with Gasteiger partial charge in [-0.3, -0.25) is 0 Å². The Bertz CT molecular complexity index is 86.7. The van der Waals surface area contributed by atoms with Crippen molar-refractivity contribution in [1.82, 2.24) is 0 Å². The summed E-state index contributed by atoms with van der Waals surface area (Å²) in [4.78, 5) is 0. The van der Waals surface area contributed by atoms with Crippen molar-refractivity contribution in [2.24, 2.45) is 5.92 Å². The Morgan fingerprint density at radius 1 is 1.50 bits per heavy atom. The van der Waals surface area contributed by atoms with Gasteiger partial charge in [-0.2, -0.15) is 0 Å². The van der Waals surface area contributed by atoms with Crippen molar-refractivity contribution in [2.45, 2.75) is 39.2 Å². The summed E-state index contributed by atoms with van der Waals surface area (Å²) in [6, 6.07) is 0. The topological polar surface area (TPSA) is 20.2 Å². The second kappa shape index (κ2) is 5.48. The van der Waals surface area contributed by atoms with E-state index < -0.39 is 0 Å². The van der Waals surface area contributed by atoms with E-state index in [4.69, 9.17) is 0 Å². The third-order valence-corrected chi connectivity index (χ3v) is 1.68. The highest BCUT2D eigenvalue weighted by Crippen LogP contribution is 2.09. The molecule has 0 radical (unpaired) electrons. The van der Waals surface area contributed by atoms with Crippen LogP contribution in [0.15, 0.2) is 12.7 Å². The van der Waals surface area contributed by atoms with Gasteiger partial charge in [0.05, 0.1) is 6.10 Å². The maximum atomic E-state index is 9.32. The van der Waals surface area contributed by atoms with E-state index in [2.05, 4.69) is 6.58 Å². The minimum absolute atomic E-state index is 0.125. The number of hydrogen-bond acceptors (Lipinski definition) is 1. The van der Waals surface area contributed by atoms with Gasteiger partial charge in [0.25, 0.3) is 0 Å². The predicted octanol–water partition coefficient (Wildman–Crippen LogP) is 2.36. The quantitative estimate of drug-likeness (QED) is 0.461. The van der Waals surface area contributed by atoms with Gasteiger partial charge in [0.1, 0.15) is 0 Å². The van der Waals surface area contributed by atoms with Crippen LogP contribution in [-0.2, 0) is 0 Å². The Kier molecular flexibility index (Phi) is 5.32. The molecule has 0 aliphatic carbocycles. The van der Waals surface area contributed by atoms with Gasteiger partial charge in [-0.25, -0.2) is 0 Å². The summed E-state index contributed by atoms with van der Waals surface area (Å²) in [6.07, 6.45) is 4.75. The third kappa shape index (κ3) is 4.57. The normalized spacial score (nSPS) is 13.6. The average molecular weight is 142 g/mol. The van der Waals surface area contributed by atoms with E-state index >= 15 is 0 Å². The first-order valence-corrected chi connectivity index (χ1v) is 3.97. The largest absolute Gasteiger partial charge is 0.393 e. The van der Waals surface area contributed by atoms with Gasteiger partial charge in [-0.15, -0.1) is 6.58 Å². The van der Waals surface area contributed by atoms with Crippen molar-refractivity contribution in [2.75, 3.05) is 0 Å². The number of allylic oxidation sites excluding steroid dienone is 1. The fourth-order valence-corrected chi connectivity index (χ4v) is 0.805. The van der Waals surface area contributed by atoms with Crippen LogP contribution in [0.25, 0.3) is 0 Å². The molecule has 0 aromatic heterocycles. The van der Waals surface area contributed by atoms with E-state index in [0.717, 1.165) is 19.3 Å². The number of aliphatic hydroxyl groups excluding tert-OH is 1. The molecule has 0 saturated heterocycles. The fraction of sp³-hybridized carbons (Fsp3) is 0.778. The Morgan fingerprint density at radius 3 is 2.50 bits per heavy atom. The van der Waals surface area contributed by atoms with Gasteiger partial charge in [0.2, 0.25) is 0 Å². The van der Waals surface area contributed by atoms with Gasteiger partial charge < -0.3 is 5.11 Å². The molecule has 0 aliphatic heterocycles. The molecule has 10 heavy (non-hydrogen) atoms. The number of unbranched alkanes of at least 4 members (excludes halogenated alkanes) is 1. The first-order valence-electron chi connectivity index (χ1n) is 3.97. The molecule has 0 saturated carbocycles. The van der Waals surface area contributed by atoms with Crippen LogP contribution in [0.4, 0.5) is 0 Å². The van der Waals surface area contributed by atoms with Gasteiger partial charge in [0, 0.05) is 0 Å². The molecule has 0 fully saturated rings. The zero-order valence-corrected chi connectivity index (χ0v) is 7.01. The average Bonchev–Trinajstić information content (AvgIpc) is 1.88. The lowest BCUT2D eigenvalue weighted by molar-refractivity contribution is 0.114. The Morgan fingerprint density at radius 2 is 2.10 bits per heavy atom. The third-order valence-electron chi connectivity index (χ3n) is 1.68. The van der Waals surface area contributed by atoms with Gasteiger partial charge in [-0.05, 0) is 25.2 Å². The summed E-state index contributed by atoms with van der Waals surface area (Å²) in [6.45, 7) is 7.70. The van der Waals surface area contributed by atoms with Crippen molar-refractivity contribution < 1.29 is 5.11 Å². The monoisotopic (exact) mass is 142 g/mol. The maximum absolute atomic E-state index is 9.32. The van der Waals surface area contributed by atoms with E-state index in [1.807, 2.05) is 19.9 Å². The summed E-state index contributed by atoms with van der Waals surface area (Å²) in [5.41, 5.74) is 0. The summed E-state index contributed by atoms with van der Waals surface area (Å²) in [7, 11) is 0. The smallest absolute Gasteiger partial charge is 0.0563 e. The molecule has 0 aromatic rings. The second-order valence-electron chi connectivity index (χ2n) is 3.03. The highest BCUT2D eigenvalue weighted by atomic mass is 16.3. The van der Waals surface area contributed by atoms with Gasteiger partial charge in [-0.1, -0.05) is 19.9 Å². The van der Waals surface area contributed by atoms with Crippen LogP contribution >= 0.6 is 0 Å². The summed E-state index contributed by atoms with van der Waals surface area (Å²) in [5.74, 6) is 0.393. The molecule has 60 valence electrons. The molecule has 1 atom stereocenters. The summed E-state index contributed by atoms with van der Waals surface area (Å²) in [5, 5.41) is 9.32. The standard InChI is InChI=1S/C9H18O/c1-4-5-6-7-9(10)8(2)3/h4,8-10H,1,5-7H2,2-3H3. The van der Waals surface area contributed by atoms with Crippen LogP contribution < -0.4 is 0 Å². The van der Waals surface area contributed by atoms with Gasteiger partial charge >= 0.3 is 0 Å². The van der Waals surface area contributed by atoms with E-state index in [1.54, 1.807) is 0 Å². The molecule has 1 nitrogen and oxygen atoms in total. The highest BCUT2D eigenvalue weighted by Gasteiger charge is 2.06. The van der Waals surface area contributed by atoms with E-state index in [-0.39, 0.29) is 6.10 Å². The van der Waals surface area contributed by atoms with Crippen LogP contribution in [0.5, 0.6) is 0 Å². The van der Waals surface area contributed by atoms with Crippen LogP contribution in [0, 0.1) is 5.92 Å². The lowest BCUT2D eigenvalue weighted by Crippen LogP contribution is -2.13. The van der Waals surface area contributed by atoms with Crippen LogP contribution in [0.2, 0.25) is 0 Å². The molecule has 1 unspecified atom stereocenters. The van der Waals surface area contributed by atoms with Crippen molar-refractivity contribution in [3.8, 4) is 0 Å². The molecular weight excluding hydrogens is 124 g/mol. The van der Waals surface area contributed by atoms with Crippen LogP contribution in [0.3, 0.4) is 0 Å². The van der Waals surface area contributed by atoms with E-state index in [1.165, 1.54) is 0 Å². The molecule has 0 heterocycles.